The Labute approximate surface area is 137 Å². The molecule has 120 valence electrons. The second-order valence-corrected chi connectivity index (χ2v) is 7.44. The van der Waals surface area contributed by atoms with E-state index < -0.39 is 0 Å². The van der Waals surface area contributed by atoms with Crippen LogP contribution in [0, 0.1) is 24.7 Å². The first-order valence-electron chi connectivity index (χ1n) is 9.13. The fourth-order valence-corrected chi connectivity index (χ4v) is 4.44. The maximum absolute atomic E-state index is 3.90. The Morgan fingerprint density at radius 1 is 1.05 bits per heavy atom. The van der Waals surface area contributed by atoms with Crippen molar-refractivity contribution in [1.82, 2.24) is 0 Å². The molecule has 2 aliphatic carbocycles. The van der Waals surface area contributed by atoms with Gasteiger partial charge >= 0.3 is 0 Å². The van der Waals surface area contributed by atoms with Crippen molar-refractivity contribution >= 4 is 5.57 Å². The molecule has 0 N–H and O–H groups in total. The largest absolute Gasteiger partial charge is 0.103 e. The van der Waals surface area contributed by atoms with Crippen LogP contribution in [0.2, 0.25) is 0 Å². The predicted octanol–water partition coefficient (Wildman–Crippen LogP) is 6.81. The zero-order chi connectivity index (χ0) is 15.4. The van der Waals surface area contributed by atoms with E-state index >= 15 is 0 Å². The summed E-state index contributed by atoms with van der Waals surface area (Å²) in [4.78, 5) is 0. The highest BCUT2D eigenvalue weighted by atomic mass is 14.3. The first kappa shape index (κ1) is 15.6. The van der Waals surface area contributed by atoms with Gasteiger partial charge in [0, 0.05) is 1.43 Å². The number of hydrogen-bond donors (Lipinski definition) is 0. The van der Waals surface area contributed by atoms with Gasteiger partial charge in [0.05, 0.1) is 0 Å². The van der Waals surface area contributed by atoms with Crippen molar-refractivity contribution in [2.75, 3.05) is 0 Å². The quantitative estimate of drug-likeness (QED) is 0.535. The van der Waals surface area contributed by atoms with Crippen LogP contribution in [0.15, 0.2) is 43.0 Å². The van der Waals surface area contributed by atoms with Gasteiger partial charge in [-0.2, -0.15) is 0 Å². The smallest absolute Gasteiger partial charge is 0 e. The minimum absolute atomic E-state index is 0. The fourth-order valence-electron chi connectivity index (χ4n) is 4.44. The molecule has 1 unspecified atom stereocenters. The standard InChI is InChI=1S/C22H30.H2/c1-3-4-18-7-11-20(12-8-18)22-15-13-21(14-16-22)19-9-5-17(2)6-10-19;/h3,5-6,9-10,13,18,20,22H,1,4,7-8,11-12,14-16H2,2H3;1H. The van der Waals surface area contributed by atoms with Gasteiger partial charge in [-0.3, -0.25) is 0 Å². The Hall–Kier alpha value is -1.30. The molecule has 0 heteroatoms. The normalized spacial score (nSPS) is 29.0. The summed E-state index contributed by atoms with van der Waals surface area (Å²) >= 11 is 0. The number of benzene rings is 1. The average Bonchev–Trinajstić information content (AvgIpc) is 2.57. The van der Waals surface area contributed by atoms with Crippen molar-refractivity contribution in [3.05, 3.63) is 54.1 Å². The van der Waals surface area contributed by atoms with E-state index in [0.717, 1.165) is 17.8 Å². The molecule has 0 aromatic heterocycles. The van der Waals surface area contributed by atoms with E-state index in [1.807, 2.05) is 0 Å². The van der Waals surface area contributed by atoms with Crippen LogP contribution in [-0.4, -0.2) is 0 Å². The van der Waals surface area contributed by atoms with Gasteiger partial charge in [-0.05, 0) is 87.2 Å². The van der Waals surface area contributed by atoms with Gasteiger partial charge < -0.3 is 0 Å². The zero-order valence-electron chi connectivity index (χ0n) is 14.1. The topological polar surface area (TPSA) is 0 Å². The highest BCUT2D eigenvalue weighted by Gasteiger charge is 2.28. The van der Waals surface area contributed by atoms with Crippen LogP contribution in [0.4, 0.5) is 0 Å². The molecule has 3 rings (SSSR count). The molecular weight excluding hydrogens is 264 g/mol. The summed E-state index contributed by atoms with van der Waals surface area (Å²) in [6, 6.07) is 9.07. The predicted molar refractivity (Wildman–Crippen MR) is 98.9 cm³/mol. The Bertz CT molecular complexity index is 517. The fraction of sp³-hybridized carbons (Fsp3) is 0.545. The third-order valence-electron chi connectivity index (χ3n) is 5.93. The van der Waals surface area contributed by atoms with Crippen molar-refractivity contribution < 1.29 is 1.43 Å². The summed E-state index contributed by atoms with van der Waals surface area (Å²) in [5, 5.41) is 0. The molecule has 0 aliphatic heterocycles. The minimum Gasteiger partial charge on any atom is -0.103 e. The van der Waals surface area contributed by atoms with Gasteiger partial charge in [0.15, 0.2) is 0 Å². The average molecular weight is 296 g/mol. The van der Waals surface area contributed by atoms with Crippen LogP contribution in [0.1, 0.15) is 63.9 Å². The Morgan fingerprint density at radius 2 is 1.77 bits per heavy atom. The van der Waals surface area contributed by atoms with Crippen molar-refractivity contribution in [1.29, 1.82) is 0 Å². The van der Waals surface area contributed by atoms with Crippen LogP contribution in [0.5, 0.6) is 0 Å². The summed E-state index contributed by atoms with van der Waals surface area (Å²) in [7, 11) is 0. The molecule has 0 amide bonds. The summed E-state index contributed by atoms with van der Waals surface area (Å²) < 4.78 is 0. The molecule has 1 fully saturated rings. The van der Waals surface area contributed by atoms with Gasteiger partial charge in [-0.1, -0.05) is 42.0 Å². The first-order valence-corrected chi connectivity index (χ1v) is 9.13. The summed E-state index contributed by atoms with van der Waals surface area (Å²) in [5.74, 6) is 2.85. The maximum Gasteiger partial charge on any atom is 0 e. The Kier molecular flexibility index (Phi) is 5.18. The molecule has 0 heterocycles. The van der Waals surface area contributed by atoms with Crippen LogP contribution in [-0.2, 0) is 0 Å². The molecule has 0 spiro atoms. The van der Waals surface area contributed by atoms with Crippen molar-refractivity contribution in [3.8, 4) is 0 Å². The van der Waals surface area contributed by atoms with Crippen LogP contribution < -0.4 is 0 Å². The van der Waals surface area contributed by atoms with E-state index in [2.05, 4.69) is 49.9 Å². The van der Waals surface area contributed by atoms with E-state index in [4.69, 9.17) is 0 Å². The molecular formula is C22H32. The molecule has 0 bridgehead atoms. The van der Waals surface area contributed by atoms with Crippen molar-refractivity contribution in [3.63, 3.8) is 0 Å². The van der Waals surface area contributed by atoms with E-state index in [1.54, 1.807) is 5.57 Å². The summed E-state index contributed by atoms with van der Waals surface area (Å²) in [6.07, 6.45) is 15.6. The lowest BCUT2D eigenvalue weighted by atomic mass is 9.70. The molecule has 22 heavy (non-hydrogen) atoms. The van der Waals surface area contributed by atoms with Crippen LogP contribution in [0.25, 0.3) is 5.57 Å². The minimum atomic E-state index is 0. The van der Waals surface area contributed by atoms with Crippen molar-refractivity contribution in [2.24, 2.45) is 17.8 Å². The van der Waals surface area contributed by atoms with Gasteiger partial charge in [0.2, 0.25) is 0 Å². The first-order chi connectivity index (χ1) is 10.8. The van der Waals surface area contributed by atoms with E-state index in [-0.39, 0.29) is 1.43 Å². The van der Waals surface area contributed by atoms with E-state index in [0.29, 0.717) is 0 Å². The SMILES string of the molecule is C=CCC1CCC(C2CC=C(c3ccc(C)cc3)CC2)CC1.[HH]. The molecule has 0 radical (unpaired) electrons. The molecule has 1 aromatic carbocycles. The lowest BCUT2D eigenvalue weighted by Crippen LogP contribution is -2.23. The second kappa shape index (κ2) is 7.31. The number of hydrogen-bond acceptors (Lipinski definition) is 0. The van der Waals surface area contributed by atoms with E-state index in [1.165, 1.54) is 62.5 Å². The molecule has 1 saturated carbocycles. The van der Waals surface area contributed by atoms with Crippen LogP contribution in [0.3, 0.4) is 0 Å². The molecule has 0 nitrogen and oxygen atoms in total. The summed E-state index contributed by atoms with van der Waals surface area (Å²) in [6.45, 7) is 6.06. The Morgan fingerprint density at radius 3 is 2.36 bits per heavy atom. The molecule has 2 aliphatic rings. The zero-order valence-corrected chi connectivity index (χ0v) is 14.1. The van der Waals surface area contributed by atoms with Gasteiger partial charge in [0.25, 0.3) is 0 Å². The molecule has 1 aromatic rings. The lowest BCUT2D eigenvalue weighted by molar-refractivity contribution is 0.196. The number of allylic oxidation sites excluding steroid dienone is 3. The van der Waals surface area contributed by atoms with Crippen molar-refractivity contribution in [2.45, 2.75) is 58.3 Å². The van der Waals surface area contributed by atoms with Crippen LogP contribution >= 0.6 is 0 Å². The third-order valence-corrected chi connectivity index (χ3v) is 5.93. The van der Waals surface area contributed by atoms with Gasteiger partial charge in [-0.15, -0.1) is 6.58 Å². The number of aryl methyl sites for hydroxylation is 1. The van der Waals surface area contributed by atoms with E-state index in [9.17, 15) is 0 Å². The second-order valence-electron chi connectivity index (χ2n) is 7.44. The van der Waals surface area contributed by atoms with Gasteiger partial charge in [-0.25, -0.2) is 0 Å². The maximum atomic E-state index is 3.90. The monoisotopic (exact) mass is 296 g/mol. The Balaban J connectivity index is 0.00000192. The number of rotatable bonds is 4. The molecule has 0 saturated heterocycles. The van der Waals surface area contributed by atoms with Gasteiger partial charge in [0.1, 0.15) is 0 Å². The third kappa shape index (κ3) is 3.72. The summed E-state index contributed by atoms with van der Waals surface area (Å²) in [5.41, 5.74) is 4.38. The highest BCUT2D eigenvalue weighted by Crippen LogP contribution is 2.41. The molecule has 1 atom stereocenters. The highest BCUT2D eigenvalue weighted by molar-refractivity contribution is 5.66. The lowest BCUT2D eigenvalue weighted by Gasteiger charge is -2.35.